The number of aliphatic imine (C=N–C) groups is 1. The van der Waals surface area contributed by atoms with E-state index in [1.807, 2.05) is 47.6 Å². The quantitative estimate of drug-likeness (QED) is 0.549. The summed E-state index contributed by atoms with van der Waals surface area (Å²) in [6, 6.07) is 0. The highest BCUT2D eigenvalue weighted by Crippen LogP contribution is 1.79. The summed E-state index contributed by atoms with van der Waals surface area (Å²) in [5.41, 5.74) is 0.975. The molecule has 0 N–H and O–H groups in total. The lowest BCUT2D eigenvalue weighted by Gasteiger charge is -1.78. The van der Waals surface area contributed by atoms with Crippen molar-refractivity contribution < 1.29 is 0 Å². The predicted molar refractivity (Wildman–Crippen MR) is 60.8 cm³/mol. The average Bonchev–Trinajstić information content (AvgIpc) is 2.12. The second kappa shape index (κ2) is 22.5. The highest BCUT2D eigenvalue weighted by molar-refractivity contribution is 5.77. The molecule has 0 rings (SSSR count). The molecule has 1 heteroatoms. The summed E-state index contributed by atoms with van der Waals surface area (Å²) in [4.78, 5) is 3.88. The fraction of sp³-hybridized carbons (Fsp3) is 0.545. The molecule has 72 valence electrons. The van der Waals surface area contributed by atoms with Crippen LogP contribution in [-0.4, -0.2) is 6.21 Å². The van der Waals surface area contributed by atoms with Crippen LogP contribution in [0.4, 0.5) is 0 Å². The molecule has 0 aromatic heterocycles. The van der Waals surface area contributed by atoms with Gasteiger partial charge in [-0.1, -0.05) is 40.3 Å². The topological polar surface area (TPSA) is 12.4 Å². The second-order valence-corrected chi connectivity index (χ2v) is 1.61. The zero-order chi connectivity index (χ0) is 10.4. The van der Waals surface area contributed by atoms with Crippen molar-refractivity contribution in [2.45, 2.75) is 41.5 Å². The van der Waals surface area contributed by atoms with Gasteiger partial charge in [-0.25, -0.2) is 0 Å². The molecule has 0 bridgehead atoms. The van der Waals surface area contributed by atoms with Crippen LogP contribution in [0.25, 0.3) is 0 Å². The van der Waals surface area contributed by atoms with E-state index in [1.54, 1.807) is 12.4 Å². The molecule has 0 unspecified atom stereocenters. The van der Waals surface area contributed by atoms with Gasteiger partial charge in [0.25, 0.3) is 0 Å². The van der Waals surface area contributed by atoms with Crippen LogP contribution < -0.4 is 0 Å². The molecular weight excluding hydrogens is 146 g/mol. The summed E-state index contributed by atoms with van der Waals surface area (Å²) in [5, 5.41) is 0. The van der Waals surface area contributed by atoms with E-state index in [0.717, 1.165) is 5.57 Å². The first-order chi connectivity index (χ1) is 5.77. The minimum atomic E-state index is 0.975. The van der Waals surface area contributed by atoms with Crippen molar-refractivity contribution in [2.24, 2.45) is 4.99 Å². The van der Waals surface area contributed by atoms with Gasteiger partial charge in [0.1, 0.15) is 0 Å². The standard InChI is InChI=1S/C7H11N.2C2H6/c1-4-5-8-6-7(2)3;2*1-2/h4-6H,2H2,1,3H3;2*1-2H3/b5-4-,8-6?;;. The molecule has 0 heterocycles. The van der Waals surface area contributed by atoms with Gasteiger partial charge in [-0.15, -0.1) is 0 Å². The predicted octanol–water partition coefficient (Wildman–Crippen LogP) is 4.22. The Morgan fingerprint density at radius 3 is 1.83 bits per heavy atom. The molecule has 0 aromatic carbocycles. The Labute approximate surface area is 77.9 Å². The van der Waals surface area contributed by atoms with Gasteiger partial charge in [0.15, 0.2) is 0 Å². The van der Waals surface area contributed by atoms with Gasteiger partial charge in [0.05, 0.1) is 0 Å². The van der Waals surface area contributed by atoms with E-state index in [9.17, 15) is 0 Å². The van der Waals surface area contributed by atoms with E-state index in [-0.39, 0.29) is 0 Å². The number of allylic oxidation sites excluding steroid dienone is 2. The van der Waals surface area contributed by atoms with E-state index >= 15 is 0 Å². The van der Waals surface area contributed by atoms with Crippen LogP contribution in [0.1, 0.15) is 41.5 Å². The first-order valence-electron chi connectivity index (χ1n) is 4.57. The SMILES string of the molecule is C=C(C)C=N/C=C\C.CC.CC. The molecule has 12 heavy (non-hydrogen) atoms. The van der Waals surface area contributed by atoms with Crippen LogP contribution in [0.3, 0.4) is 0 Å². The van der Waals surface area contributed by atoms with Gasteiger partial charge in [-0.05, 0) is 19.4 Å². The Morgan fingerprint density at radius 2 is 1.58 bits per heavy atom. The van der Waals surface area contributed by atoms with Gasteiger partial charge in [-0.3, -0.25) is 4.99 Å². The molecule has 0 atom stereocenters. The van der Waals surface area contributed by atoms with Gasteiger partial charge >= 0.3 is 0 Å². The van der Waals surface area contributed by atoms with Gasteiger partial charge in [-0.2, -0.15) is 0 Å². The summed E-state index contributed by atoms with van der Waals surface area (Å²) in [6.07, 6.45) is 5.33. The first kappa shape index (κ1) is 17.3. The van der Waals surface area contributed by atoms with E-state index in [4.69, 9.17) is 0 Å². The van der Waals surface area contributed by atoms with Crippen molar-refractivity contribution in [3.05, 3.63) is 24.4 Å². The monoisotopic (exact) mass is 169 g/mol. The summed E-state index contributed by atoms with van der Waals surface area (Å²) < 4.78 is 0. The molecule has 0 saturated heterocycles. The summed E-state index contributed by atoms with van der Waals surface area (Å²) in [6.45, 7) is 15.5. The molecule has 0 radical (unpaired) electrons. The Balaban J connectivity index is -0.000000175. The lowest BCUT2D eigenvalue weighted by Crippen LogP contribution is -1.68. The van der Waals surface area contributed by atoms with Crippen molar-refractivity contribution in [1.82, 2.24) is 0 Å². The van der Waals surface area contributed by atoms with Gasteiger partial charge < -0.3 is 0 Å². The van der Waals surface area contributed by atoms with Crippen molar-refractivity contribution in [2.75, 3.05) is 0 Å². The lowest BCUT2D eigenvalue weighted by atomic mass is 10.4. The Morgan fingerprint density at radius 1 is 1.17 bits per heavy atom. The molecule has 0 aliphatic rings. The Kier molecular flexibility index (Phi) is 32.4. The van der Waals surface area contributed by atoms with E-state index in [0.29, 0.717) is 0 Å². The Bertz CT molecular complexity index is 121. The fourth-order valence-electron chi connectivity index (χ4n) is 0.256. The first-order valence-corrected chi connectivity index (χ1v) is 4.57. The number of nitrogens with zero attached hydrogens (tertiary/aromatic N) is 1. The van der Waals surface area contributed by atoms with Crippen molar-refractivity contribution in [3.8, 4) is 0 Å². The number of hydrogen-bond acceptors (Lipinski definition) is 1. The molecule has 0 aliphatic carbocycles. The largest absolute Gasteiger partial charge is 0.265 e. The van der Waals surface area contributed by atoms with Crippen molar-refractivity contribution in [1.29, 1.82) is 0 Å². The van der Waals surface area contributed by atoms with Crippen molar-refractivity contribution in [3.63, 3.8) is 0 Å². The third kappa shape index (κ3) is 35.3. The van der Waals surface area contributed by atoms with Crippen LogP contribution in [0.5, 0.6) is 0 Å². The minimum Gasteiger partial charge on any atom is -0.265 e. The molecule has 0 aliphatic heterocycles. The summed E-state index contributed by atoms with van der Waals surface area (Å²) >= 11 is 0. The molecule has 1 nitrogen and oxygen atoms in total. The van der Waals surface area contributed by atoms with Crippen LogP contribution >= 0.6 is 0 Å². The average molecular weight is 169 g/mol. The molecule has 0 saturated carbocycles. The molecule has 0 fully saturated rings. The number of hydrogen-bond donors (Lipinski definition) is 0. The van der Waals surface area contributed by atoms with Crippen LogP contribution in [0.2, 0.25) is 0 Å². The molecule has 0 spiro atoms. The van der Waals surface area contributed by atoms with Crippen LogP contribution in [0, 0.1) is 0 Å². The molecule has 0 aromatic rings. The summed E-state index contributed by atoms with van der Waals surface area (Å²) in [7, 11) is 0. The third-order valence-electron chi connectivity index (χ3n) is 0.530. The van der Waals surface area contributed by atoms with Crippen molar-refractivity contribution >= 4 is 6.21 Å². The second-order valence-electron chi connectivity index (χ2n) is 1.61. The van der Waals surface area contributed by atoms with E-state index < -0.39 is 0 Å². The smallest absolute Gasteiger partial charge is 0.0290 e. The van der Waals surface area contributed by atoms with E-state index in [1.165, 1.54) is 0 Å². The maximum absolute atomic E-state index is 3.88. The summed E-state index contributed by atoms with van der Waals surface area (Å²) in [5.74, 6) is 0. The lowest BCUT2D eigenvalue weighted by molar-refractivity contribution is 1.50. The highest BCUT2D eigenvalue weighted by atomic mass is 14.7. The maximum Gasteiger partial charge on any atom is 0.0290 e. The van der Waals surface area contributed by atoms with Crippen LogP contribution in [-0.2, 0) is 0 Å². The highest BCUT2D eigenvalue weighted by Gasteiger charge is 1.67. The fourth-order valence-corrected chi connectivity index (χ4v) is 0.256. The zero-order valence-corrected chi connectivity index (χ0v) is 9.39. The Hall–Kier alpha value is -0.850. The van der Waals surface area contributed by atoms with Gasteiger partial charge in [0.2, 0.25) is 0 Å². The van der Waals surface area contributed by atoms with Crippen LogP contribution in [0.15, 0.2) is 29.4 Å². The zero-order valence-electron chi connectivity index (χ0n) is 9.39. The molecule has 0 amide bonds. The molecular formula is C11H23N. The number of rotatable bonds is 2. The minimum absolute atomic E-state index is 0.975. The van der Waals surface area contributed by atoms with E-state index in [2.05, 4.69) is 11.6 Å². The maximum atomic E-state index is 3.88. The van der Waals surface area contributed by atoms with Gasteiger partial charge in [0, 0.05) is 12.4 Å². The third-order valence-corrected chi connectivity index (χ3v) is 0.530. The normalized spacial score (nSPS) is 8.50.